The summed E-state index contributed by atoms with van der Waals surface area (Å²) in [5.41, 5.74) is 0.598. The lowest BCUT2D eigenvalue weighted by atomic mass is 9.97. The van der Waals surface area contributed by atoms with E-state index in [2.05, 4.69) is 10.5 Å². The fraction of sp³-hybridized carbons (Fsp3) is 0.158. The largest absolute Gasteiger partial charge is 0.360 e. The number of hydrogen-bond acceptors (Lipinski definition) is 8. The summed E-state index contributed by atoms with van der Waals surface area (Å²) in [6.07, 6.45) is -0.0507. The second-order valence-electron chi connectivity index (χ2n) is 6.30. The molecule has 3 rings (SSSR count). The fourth-order valence-corrected chi connectivity index (χ4v) is 2.79. The Kier molecular flexibility index (Phi) is 5.63. The van der Waals surface area contributed by atoms with Gasteiger partial charge in [0.05, 0.1) is 15.9 Å². The summed E-state index contributed by atoms with van der Waals surface area (Å²) < 4.78 is 5.02. The molecule has 1 atom stereocenters. The lowest BCUT2D eigenvalue weighted by Crippen LogP contribution is -2.16. The Morgan fingerprint density at radius 1 is 1.07 bits per heavy atom. The number of anilines is 1. The zero-order chi connectivity index (χ0) is 21.0. The number of benzene rings is 2. The number of nitrogens with one attached hydrogen (secondary N) is 1. The quantitative estimate of drug-likeness (QED) is 0.339. The summed E-state index contributed by atoms with van der Waals surface area (Å²) in [6, 6.07) is 12.2. The number of carbonyl (C=O) groups excluding carboxylic acids is 1. The SMILES string of the molecule is Cc1cc(NC(CC(=O)c2ccc([N+](=O)[O-])cc2)c2cccc([N+](=O)[O-])c2)no1. The smallest absolute Gasteiger partial charge is 0.269 e. The van der Waals surface area contributed by atoms with Crippen LogP contribution in [0.3, 0.4) is 0 Å². The van der Waals surface area contributed by atoms with E-state index in [9.17, 15) is 25.0 Å². The van der Waals surface area contributed by atoms with E-state index in [-0.39, 0.29) is 23.6 Å². The Morgan fingerprint density at radius 2 is 1.76 bits per heavy atom. The maximum absolute atomic E-state index is 12.7. The molecule has 148 valence electrons. The van der Waals surface area contributed by atoms with Crippen LogP contribution in [0.5, 0.6) is 0 Å². The lowest BCUT2D eigenvalue weighted by molar-refractivity contribution is -0.385. The predicted molar refractivity (Wildman–Crippen MR) is 103 cm³/mol. The molecule has 0 radical (unpaired) electrons. The van der Waals surface area contributed by atoms with Gasteiger partial charge in [-0.15, -0.1) is 0 Å². The molecular weight excluding hydrogens is 380 g/mol. The number of hydrogen-bond donors (Lipinski definition) is 1. The van der Waals surface area contributed by atoms with E-state index in [1.807, 2.05) is 0 Å². The van der Waals surface area contributed by atoms with Gasteiger partial charge in [0.2, 0.25) is 0 Å². The van der Waals surface area contributed by atoms with Crippen LogP contribution in [0.4, 0.5) is 17.2 Å². The van der Waals surface area contributed by atoms with Crippen molar-refractivity contribution in [3.8, 4) is 0 Å². The van der Waals surface area contributed by atoms with Crippen LogP contribution in [-0.4, -0.2) is 20.8 Å². The molecule has 0 aliphatic carbocycles. The van der Waals surface area contributed by atoms with Crippen LogP contribution in [0.15, 0.2) is 59.1 Å². The Bertz CT molecular complexity index is 1060. The second-order valence-corrected chi connectivity index (χ2v) is 6.30. The predicted octanol–water partition coefficient (Wildman–Crippen LogP) is 4.23. The summed E-state index contributed by atoms with van der Waals surface area (Å²) in [5, 5.41) is 28.8. The van der Waals surface area contributed by atoms with E-state index >= 15 is 0 Å². The number of nitro benzene ring substituents is 2. The summed E-state index contributed by atoms with van der Waals surface area (Å²) >= 11 is 0. The summed E-state index contributed by atoms with van der Waals surface area (Å²) in [4.78, 5) is 33.6. The molecule has 3 aromatic rings. The molecule has 0 aliphatic rings. The van der Waals surface area contributed by atoms with Crippen LogP contribution < -0.4 is 5.32 Å². The normalized spacial score (nSPS) is 11.6. The number of nitro groups is 2. The first-order valence-corrected chi connectivity index (χ1v) is 8.55. The van der Waals surface area contributed by atoms with Gasteiger partial charge in [-0.05, 0) is 24.6 Å². The minimum atomic E-state index is -0.623. The maximum atomic E-state index is 12.7. The van der Waals surface area contributed by atoms with Crippen LogP contribution in [0.1, 0.15) is 34.1 Å². The standard InChI is InChI=1S/C19H16N4O6/c1-12-9-19(21-29-12)20-17(14-3-2-4-16(10-14)23(27)28)11-18(24)13-5-7-15(8-6-13)22(25)26/h2-10,17H,11H2,1H3,(H,20,21). The Morgan fingerprint density at radius 3 is 2.34 bits per heavy atom. The zero-order valence-corrected chi connectivity index (χ0v) is 15.3. The first-order chi connectivity index (χ1) is 13.8. The molecule has 0 spiro atoms. The molecule has 0 saturated heterocycles. The van der Waals surface area contributed by atoms with Gasteiger partial charge in [-0.2, -0.15) is 0 Å². The highest BCUT2D eigenvalue weighted by atomic mass is 16.6. The Hall–Kier alpha value is -4.08. The lowest BCUT2D eigenvalue weighted by Gasteiger charge is -2.18. The van der Waals surface area contributed by atoms with Crippen molar-refractivity contribution in [2.24, 2.45) is 0 Å². The van der Waals surface area contributed by atoms with Crippen molar-refractivity contribution in [3.05, 3.63) is 91.7 Å². The van der Waals surface area contributed by atoms with E-state index in [0.717, 1.165) is 0 Å². The van der Waals surface area contributed by atoms with Crippen molar-refractivity contribution in [2.45, 2.75) is 19.4 Å². The fourth-order valence-electron chi connectivity index (χ4n) is 2.79. The molecule has 1 unspecified atom stereocenters. The highest BCUT2D eigenvalue weighted by Crippen LogP contribution is 2.27. The molecular formula is C19H16N4O6. The molecule has 1 aromatic heterocycles. The van der Waals surface area contributed by atoms with E-state index < -0.39 is 15.9 Å². The third-order valence-corrected chi connectivity index (χ3v) is 4.22. The molecule has 10 heteroatoms. The summed E-state index contributed by atoms with van der Waals surface area (Å²) in [6.45, 7) is 1.71. The number of non-ortho nitro benzene ring substituents is 2. The Balaban J connectivity index is 1.88. The van der Waals surface area contributed by atoms with Crippen molar-refractivity contribution >= 4 is 23.0 Å². The maximum Gasteiger partial charge on any atom is 0.269 e. The van der Waals surface area contributed by atoms with Crippen molar-refractivity contribution in [1.29, 1.82) is 0 Å². The van der Waals surface area contributed by atoms with Gasteiger partial charge in [0.25, 0.3) is 11.4 Å². The second kappa shape index (κ2) is 8.30. The highest BCUT2D eigenvalue weighted by Gasteiger charge is 2.21. The minimum absolute atomic E-state index is 0.0507. The van der Waals surface area contributed by atoms with Crippen molar-refractivity contribution in [1.82, 2.24) is 5.16 Å². The van der Waals surface area contributed by atoms with Gasteiger partial charge in [0, 0.05) is 42.3 Å². The molecule has 1 heterocycles. The average Bonchev–Trinajstić information content (AvgIpc) is 3.12. The van der Waals surface area contributed by atoms with Gasteiger partial charge >= 0.3 is 0 Å². The molecule has 0 bridgehead atoms. The van der Waals surface area contributed by atoms with Gasteiger partial charge in [0.15, 0.2) is 11.6 Å². The van der Waals surface area contributed by atoms with Crippen molar-refractivity contribution in [3.63, 3.8) is 0 Å². The molecule has 0 amide bonds. The van der Waals surface area contributed by atoms with Crippen molar-refractivity contribution in [2.75, 3.05) is 5.32 Å². The van der Waals surface area contributed by atoms with Gasteiger partial charge in [-0.25, -0.2) is 0 Å². The van der Waals surface area contributed by atoms with E-state index in [1.165, 1.54) is 42.5 Å². The van der Waals surface area contributed by atoms with E-state index in [4.69, 9.17) is 4.52 Å². The Labute approximate surface area is 164 Å². The van der Waals surface area contributed by atoms with E-state index in [1.54, 1.807) is 19.1 Å². The molecule has 0 fully saturated rings. The van der Waals surface area contributed by atoms with Crippen LogP contribution in [-0.2, 0) is 0 Å². The summed E-state index contributed by atoms with van der Waals surface area (Å²) in [5.74, 6) is 0.659. The highest BCUT2D eigenvalue weighted by molar-refractivity contribution is 5.96. The first kappa shape index (κ1) is 19.7. The first-order valence-electron chi connectivity index (χ1n) is 8.55. The van der Waals surface area contributed by atoms with E-state index in [0.29, 0.717) is 22.7 Å². The monoisotopic (exact) mass is 396 g/mol. The molecule has 1 N–H and O–H groups in total. The molecule has 29 heavy (non-hydrogen) atoms. The number of aromatic nitrogens is 1. The van der Waals surface area contributed by atoms with Crippen LogP contribution in [0.2, 0.25) is 0 Å². The average molecular weight is 396 g/mol. The number of aryl methyl sites for hydroxylation is 1. The van der Waals surface area contributed by atoms with Crippen LogP contribution in [0, 0.1) is 27.2 Å². The van der Waals surface area contributed by atoms with Crippen LogP contribution >= 0.6 is 0 Å². The molecule has 0 saturated carbocycles. The topological polar surface area (TPSA) is 141 Å². The molecule has 0 aliphatic heterocycles. The molecule has 10 nitrogen and oxygen atoms in total. The number of ketones is 1. The van der Waals surface area contributed by atoms with Crippen molar-refractivity contribution < 1.29 is 19.2 Å². The number of rotatable bonds is 8. The van der Waals surface area contributed by atoms with Gasteiger partial charge in [-0.1, -0.05) is 17.3 Å². The third kappa shape index (κ3) is 4.80. The van der Waals surface area contributed by atoms with Gasteiger partial charge in [-0.3, -0.25) is 25.0 Å². The number of nitrogens with zero attached hydrogens (tertiary/aromatic N) is 3. The van der Waals surface area contributed by atoms with Crippen LogP contribution in [0.25, 0.3) is 0 Å². The zero-order valence-electron chi connectivity index (χ0n) is 15.3. The molecule has 2 aromatic carbocycles. The number of carbonyl (C=O) groups is 1. The number of Topliss-reactive ketones (excluding diaryl/α,β-unsaturated/α-hetero) is 1. The van der Waals surface area contributed by atoms with Gasteiger partial charge in [0.1, 0.15) is 5.76 Å². The third-order valence-electron chi connectivity index (χ3n) is 4.22. The minimum Gasteiger partial charge on any atom is -0.360 e. The van der Waals surface area contributed by atoms with Gasteiger partial charge < -0.3 is 9.84 Å². The summed E-state index contributed by atoms with van der Waals surface area (Å²) in [7, 11) is 0.